The molecule has 3 heterocycles. The summed E-state index contributed by atoms with van der Waals surface area (Å²) in [5, 5.41) is 10.2. The molecule has 0 aromatic rings. The van der Waals surface area contributed by atoms with E-state index in [2.05, 4.69) is 0 Å². The van der Waals surface area contributed by atoms with E-state index in [1.165, 1.54) is 0 Å². The summed E-state index contributed by atoms with van der Waals surface area (Å²) in [6.45, 7) is 2.29. The number of nitrogens with two attached hydrogens (primary N) is 1. The number of allylic oxidation sites excluding steroid dienone is 3. The molecule has 7 heteroatoms. The van der Waals surface area contributed by atoms with Crippen LogP contribution in [0.25, 0.3) is 0 Å². The van der Waals surface area contributed by atoms with Crippen molar-refractivity contribution in [1.29, 1.82) is 0 Å². The molecular weight excluding hydrogens is 268 g/mol. The Morgan fingerprint density at radius 1 is 1.63 bits per heavy atom. The quantitative estimate of drug-likeness (QED) is 0.721. The molecule has 2 atom stereocenters. The third kappa shape index (κ3) is 1.87. The van der Waals surface area contributed by atoms with Crippen molar-refractivity contribution in [2.45, 2.75) is 18.6 Å². The highest BCUT2D eigenvalue weighted by molar-refractivity contribution is 6.58. The van der Waals surface area contributed by atoms with E-state index in [1.54, 1.807) is 12.3 Å². The van der Waals surface area contributed by atoms with Gasteiger partial charge in [0.25, 0.3) is 0 Å². The summed E-state index contributed by atoms with van der Waals surface area (Å²) in [5.74, 6) is 0. The zero-order valence-corrected chi connectivity index (χ0v) is 11.3. The fourth-order valence-electron chi connectivity index (χ4n) is 2.63. The Morgan fingerprint density at radius 3 is 3.11 bits per heavy atom. The SMILES string of the molecule is C[C@]1(CO)OB2OC(CN)C(Cl)=C3C=COCC1=C23. The largest absolute Gasteiger partial charge is 0.497 e. The van der Waals surface area contributed by atoms with Crippen LogP contribution in [-0.2, 0) is 14.0 Å². The van der Waals surface area contributed by atoms with Crippen molar-refractivity contribution in [2.75, 3.05) is 19.8 Å². The summed E-state index contributed by atoms with van der Waals surface area (Å²) in [4.78, 5) is 0. The normalized spacial score (nSPS) is 33.5. The van der Waals surface area contributed by atoms with Gasteiger partial charge < -0.3 is 24.9 Å². The number of aliphatic hydroxyl groups is 1. The van der Waals surface area contributed by atoms with E-state index in [1.807, 2.05) is 6.92 Å². The van der Waals surface area contributed by atoms with Crippen LogP contribution in [0.5, 0.6) is 0 Å². The molecule has 1 unspecified atom stereocenters. The van der Waals surface area contributed by atoms with Gasteiger partial charge in [0, 0.05) is 6.54 Å². The van der Waals surface area contributed by atoms with Crippen molar-refractivity contribution in [2.24, 2.45) is 5.73 Å². The second kappa shape index (κ2) is 4.65. The van der Waals surface area contributed by atoms with Crippen LogP contribution in [0.1, 0.15) is 6.92 Å². The van der Waals surface area contributed by atoms with E-state index >= 15 is 0 Å². The number of halogens is 1. The van der Waals surface area contributed by atoms with Crippen molar-refractivity contribution in [3.63, 3.8) is 0 Å². The van der Waals surface area contributed by atoms with Crippen molar-refractivity contribution < 1.29 is 19.2 Å². The molecule has 19 heavy (non-hydrogen) atoms. The number of ether oxygens (including phenoxy) is 1. The zero-order chi connectivity index (χ0) is 13.6. The maximum Gasteiger partial charge on any atom is 0.495 e. The zero-order valence-electron chi connectivity index (χ0n) is 10.6. The van der Waals surface area contributed by atoms with Crippen molar-refractivity contribution in [1.82, 2.24) is 0 Å². The first-order chi connectivity index (χ1) is 9.10. The van der Waals surface area contributed by atoms with Crippen LogP contribution in [0.3, 0.4) is 0 Å². The molecule has 0 aromatic carbocycles. The van der Waals surface area contributed by atoms with Crippen LogP contribution in [0.2, 0.25) is 0 Å². The molecule has 0 saturated heterocycles. The smallest absolute Gasteiger partial charge is 0.495 e. The fourth-order valence-corrected chi connectivity index (χ4v) is 2.93. The van der Waals surface area contributed by atoms with Gasteiger partial charge in [0.05, 0.1) is 29.6 Å². The molecule has 0 aliphatic carbocycles. The maximum absolute atomic E-state index is 9.60. The topological polar surface area (TPSA) is 73.9 Å². The standard InChI is InChI=1S/C12H15BClNO4/c1-12(6-16)8-5-17-3-2-7-10(8)13(19-12)18-9(4-15)11(7)14/h2-3,9,16H,4-6,15H2,1H3/t9?,12-/m1/s1. The van der Waals surface area contributed by atoms with E-state index in [-0.39, 0.29) is 13.2 Å². The van der Waals surface area contributed by atoms with Crippen molar-refractivity contribution in [3.8, 4) is 0 Å². The van der Waals surface area contributed by atoms with Gasteiger partial charge in [0.15, 0.2) is 0 Å². The average molecular weight is 284 g/mol. The summed E-state index contributed by atoms with van der Waals surface area (Å²) < 4.78 is 17.0. The highest BCUT2D eigenvalue weighted by Gasteiger charge is 2.52. The highest BCUT2D eigenvalue weighted by Crippen LogP contribution is 2.44. The monoisotopic (exact) mass is 283 g/mol. The lowest BCUT2D eigenvalue weighted by Crippen LogP contribution is -2.41. The summed E-state index contributed by atoms with van der Waals surface area (Å²) >= 11 is 6.34. The second-order valence-corrected chi connectivity index (χ2v) is 5.37. The Balaban J connectivity index is 2.16. The Hall–Kier alpha value is -0.785. The van der Waals surface area contributed by atoms with E-state index in [4.69, 9.17) is 31.4 Å². The van der Waals surface area contributed by atoms with E-state index in [0.717, 1.165) is 16.6 Å². The molecule has 3 rings (SSSR count). The molecule has 0 saturated carbocycles. The molecule has 5 nitrogen and oxygen atoms in total. The predicted molar refractivity (Wildman–Crippen MR) is 71.3 cm³/mol. The maximum atomic E-state index is 9.60. The molecule has 3 N–H and O–H groups in total. The summed E-state index contributed by atoms with van der Waals surface area (Å²) in [7, 11) is -0.551. The first kappa shape index (κ1) is 13.2. The van der Waals surface area contributed by atoms with Crippen molar-refractivity contribution in [3.05, 3.63) is 34.0 Å². The molecule has 0 spiro atoms. The summed E-state index contributed by atoms with van der Waals surface area (Å²) in [6.07, 6.45) is 3.01. The minimum absolute atomic E-state index is 0.146. The molecule has 0 amide bonds. The number of aliphatic hydroxyl groups excluding tert-OH is 1. The van der Waals surface area contributed by atoms with Crippen LogP contribution >= 0.6 is 11.6 Å². The van der Waals surface area contributed by atoms with Gasteiger partial charge in [-0.15, -0.1) is 0 Å². The Kier molecular flexibility index (Phi) is 3.23. The lowest BCUT2D eigenvalue weighted by atomic mass is 9.70. The van der Waals surface area contributed by atoms with Gasteiger partial charge in [-0.2, -0.15) is 0 Å². The average Bonchev–Trinajstić information content (AvgIpc) is 2.58. The van der Waals surface area contributed by atoms with E-state index in [0.29, 0.717) is 11.6 Å². The Morgan fingerprint density at radius 2 is 2.42 bits per heavy atom. The van der Waals surface area contributed by atoms with Gasteiger partial charge in [-0.25, -0.2) is 0 Å². The Labute approximate surface area is 116 Å². The molecule has 3 aliphatic heterocycles. The third-order valence-corrected chi connectivity index (χ3v) is 4.21. The minimum atomic E-state index is -0.808. The van der Waals surface area contributed by atoms with Gasteiger partial charge in [-0.3, -0.25) is 0 Å². The highest BCUT2D eigenvalue weighted by atomic mass is 35.5. The fraction of sp³-hybridized carbons (Fsp3) is 0.500. The van der Waals surface area contributed by atoms with E-state index < -0.39 is 18.8 Å². The molecule has 102 valence electrons. The van der Waals surface area contributed by atoms with Crippen LogP contribution in [0.4, 0.5) is 0 Å². The lowest BCUT2D eigenvalue weighted by Gasteiger charge is -2.29. The molecule has 0 bridgehead atoms. The van der Waals surface area contributed by atoms with Gasteiger partial charge in [0.2, 0.25) is 0 Å². The number of rotatable bonds is 2. The van der Waals surface area contributed by atoms with Gasteiger partial charge in [-0.05, 0) is 29.6 Å². The number of hydrogen-bond acceptors (Lipinski definition) is 5. The van der Waals surface area contributed by atoms with Crippen LogP contribution in [0.15, 0.2) is 34.0 Å². The first-order valence-corrected chi connectivity index (χ1v) is 6.54. The minimum Gasteiger partial charge on any atom is -0.497 e. The van der Waals surface area contributed by atoms with Crippen LogP contribution in [-0.4, -0.2) is 43.7 Å². The van der Waals surface area contributed by atoms with Gasteiger partial charge in [-0.1, -0.05) is 11.6 Å². The predicted octanol–water partition coefficient (Wildman–Crippen LogP) is 0.486. The molecular formula is C12H15BClNO4. The molecule has 0 aromatic heterocycles. The second-order valence-electron chi connectivity index (χ2n) is 4.97. The molecule has 0 radical (unpaired) electrons. The third-order valence-electron chi connectivity index (χ3n) is 3.76. The van der Waals surface area contributed by atoms with Crippen molar-refractivity contribution >= 4 is 18.7 Å². The van der Waals surface area contributed by atoms with Gasteiger partial charge in [0.1, 0.15) is 6.61 Å². The van der Waals surface area contributed by atoms with Gasteiger partial charge >= 0.3 is 7.12 Å². The van der Waals surface area contributed by atoms with Crippen LogP contribution in [0, 0.1) is 0 Å². The first-order valence-electron chi connectivity index (χ1n) is 6.16. The summed E-state index contributed by atoms with van der Waals surface area (Å²) in [6, 6.07) is 0. The van der Waals surface area contributed by atoms with Crippen LogP contribution < -0.4 is 5.73 Å². The Bertz CT molecular complexity index is 504. The lowest BCUT2D eigenvalue weighted by molar-refractivity contribution is 0.0295. The summed E-state index contributed by atoms with van der Waals surface area (Å²) in [5.41, 5.74) is 7.42. The molecule has 3 aliphatic rings. The molecule has 0 fully saturated rings. The van der Waals surface area contributed by atoms with E-state index in [9.17, 15) is 5.11 Å². The number of hydrogen-bond donors (Lipinski definition) is 2.